The number of ketones is 1. The largest absolute Gasteiger partial charge is 0.294 e. The molecule has 3 heteroatoms. The van der Waals surface area contributed by atoms with Crippen LogP contribution in [0, 0.1) is 0 Å². The van der Waals surface area contributed by atoms with Crippen LogP contribution in [0.2, 0.25) is 0 Å². The molecule has 0 unspecified atom stereocenters. The maximum absolute atomic E-state index is 12.7. The van der Waals surface area contributed by atoms with Crippen molar-refractivity contribution >= 4 is 5.78 Å². The molecule has 0 aliphatic rings. The standard InChI is InChI=1S/C19H15NO2/c1-14(21)17-12-13-18(15-8-4-2-5-9-15)20(19(17)22)16-10-6-3-7-11-16/h2-13H,1H3. The zero-order valence-corrected chi connectivity index (χ0v) is 12.2. The summed E-state index contributed by atoms with van der Waals surface area (Å²) in [4.78, 5) is 24.4. The summed E-state index contributed by atoms with van der Waals surface area (Å²) in [5, 5.41) is 0. The number of hydrogen-bond acceptors (Lipinski definition) is 2. The molecule has 0 aliphatic heterocycles. The van der Waals surface area contributed by atoms with E-state index in [1.807, 2.05) is 66.7 Å². The van der Waals surface area contributed by atoms with Crippen molar-refractivity contribution in [1.82, 2.24) is 4.57 Å². The lowest BCUT2D eigenvalue weighted by Gasteiger charge is -2.14. The Hall–Kier alpha value is -2.94. The number of para-hydroxylation sites is 1. The molecule has 0 N–H and O–H groups in total. The van der Waals surface area contributed by atoms with Gasteiger partial charge in [0.15, 0.2) is 5.78 Å². The Morgan fingerprint density at radius 2 is 1.41 bits per heavy atom. The van der Waals surface area contributed by atoms with Crippen molar-refractivity contribution < 1.29 is 4.79 Å². The molecule has 0 atom stereocenters. The summed E-state index contributed by atoms with van der Waals surface area (Å²) in [5.74, 6) is -0.228. The molecule has 0 saturated carbocycles. The molecule has 0 fully saturated rings. The van der Waals surface area contributed by atoms with E-state index in [4.69, 9.17) is 0 Å². The second kappa shape index (κ2) is 5.82. The average molecular weight is 289 g/mol. The van der Waals surface area contributed by atoms with Gasteiger partial charge in [0.1, 0.15) is 0 Å². The van der Waals surface area contributed by atoms with Crippen molar-refractivity contribution in [1.29, 1.82) is 0 Å². The topological polar surface area (TPSA) is 39.1 Å². The van der Waals surface area contributed by atoms with Crippen LogP contribution in [0.4, 0.5) is 0 Å². The Morgan fingerprint density at radius 1 is 0.818 bits per heavy atom. The lowest BCUT2D eigenvalue weighted by atomic mass is 10.1. The smallest absolute Gasteiger partial charge is 0.266 e. The van der Waals surface area contributed by atoms with E-state index in [0.29, 0.717) is 0 Å². The van der Waals surface area contributed by atoms with E-state index in [1.165, 1.54) is 6.92 Å². The first kappa shape index (κ1) is 14.0. The maximum atomic E-state index is 12.7. The highest BCUT2D eigenvalue weighted by atomic mass is 16.1. The molecule has 22 heavy (non-hydrogen) atoms. The molecule has 108 valence electrons. The molecule has 3 rings (SSSR count). The Balaban J connectivity index is 2.35. The predicted molar refractivity (Wildman–Crippen MR) is 87.5 cm³/mol. The summed E-state index contributed by atoms with van der Waals surface area (Å²) in [7, 11) is 0. The van der Waals surface area contributed by atoms with Gasteiger partial charge in [-0.2, -0.15) is 0 Å². The van der Waals surface area contributed by atoms with Gasteiger partial charge in [-0.1, -0.05) is 48.5 Å². The number of aromatic nitrogens is 1. The van der Waals surface area contributed by atoms with Crippen molar-refractivity contribution in [2.45, 2.75) is 6.92 Å². The summed E-state index contributed by atoms with van der Waals surface area (Å²) < 4.78 is 1.59. The van der Waals surface area contributed by atoms with Gasteiger partial charge in [-0.15, -0.1) is 0 Å². The predicted octanol–water partition coefficient (Wildman–Crippen LogP) is 3.71. The SMILES string of the molecule is CC(=O)c1ccc(-c2ccccc2)n(-c2ccccc2)c1=O. The van der Waals surface area contributed by atoms with E-state index >= 15 is 0 Å². The number of pyridine rings is 1. The van der Waals surface area contributed by atoms with Gasteiger partial charge in [-0.25, -0.2) is 0 Å². The van der Waals surface area contributed by atoms with E-state index in [0.717, 1.165) is 16.9 Å². The number of benzene rings is 2. The van der Waals surface area contributed by atoms with Crippen LogP contribution in [0.1, 0.15) is 17.3 Å². The normalized spacial score (nSPS) is 10.4. The first-order valence-electron chi connectivity index (χ1n) is 7.06. The lowest BCUT2D eigenvalue weighted by molar-refractivity contribution is 0.101. The quantitative estimate of drug-likeness (QED) is 0.689. The van der Waals surface area contributed by atoms with Gasteiger partial charge < -0.3 is 0 Å². The van der Waals surface area contributed by atoms with Crippen LogP contribution in [0.5, 0.6) is 0 Å². The Kier molecular flexibility index (Phi) is 3.71. The van der Waals surface area contributed by atoms with Gasteiger partial charge in [0, 0.05) is 5.69 Å². The van der Waals surface area contributed by atoms with Gasteiger partial charge in [-0.05, 0) is 36.8 Å². The molecule has 0 aliphatic carbocycles. The number of nitrogens with zero attached hydrogens (tertiary/aromatic N) is 1. The highest BCUT2D eigenvalue weighted by Crippen LogP contribution is 2.21. The zero-order valence-electron chi connectivity index (χ0n) is 12.2. The van der Waals surface area contributed by atoms with Crippen molar-refractivity contribution in [2.75, 3.05) is 0 Å². The summed E-state index contributed by atoms with van der Waals surface area (Å²) in [6.45, 7) is 1.41. The first-order chi connectivity index (χ1) is 10.7. The summed E-state index contributed by atoms with van der Waals surface area (Å²) in [6, 6.07) is 22.5. The van der Waals surface area contributed by atoms with Gasteiger partial charge in [-0.3, -0.25) is 14.2 Å². The third-order valence-corrected chi connectivity index (χ3v) is 3.55. The van der Waals surface area contributed by atoms with Crippen LogP contribution < -0.4 is 5.56 Å². The van der Waals surface area contributed by atoms with E-state index in [9.17, 15) is 9.59 Å². The van der Waals surface area contributed by atoms with Gasteiger partial charge in [0.05, 0.1) is 11.3 Å². The van der Waals surface area contributed by atoms with E-state index in [1.54, 1.807) is 10.6 Å². The Morgan fingerprint density at radius 3 is 2.00 bits per heavy atom. The van der Waals surface area contributed by atoms with E-state index < -0.39 is 0 Å². The molecule has 0 bridgehead atoms. The second-order valence-corrected chi connectivity index (χ2v) is 5.03. The van der Waals surface area contributed by atoms with Gasteiger partial charge >= 0.3 is 0 Å². The van der Waals surface area contributed by atoms with Crippen LogP contribution in [0.3, 0.4) is 0 Å². The minimum absolute atomic E-state index is 0.198. The van der Waals surface area contributed by atoms with Gasteiger partial charge in [0.2, 0.25) is 0 Å². The van der Waals surface area contributed by atoms with Crippen molar-refractivity contribution in [3.05, 3.63) is 88.7 Å². The first-order valence-corrected chi connectivity index (χ1v) is 7.06. The monoisotopic (exact) mass is 289 g/mol. The molecule has 0 amide bonds. The van der Waals surface area contributed by atoms with E-state index in [2.05, 4.69) is 0 Å². The molecule has 0 radical (unpaired) electrons. The highest BCUT2D eigenvalue weighted by molar-refractivity contribution is 5.94. The average Bonchev–Trinajstić information content (AvgIpc) is 2.55. The van der Waals surface area contributed by atoms with Gasteiger partial charge in [0.25, 0.3) is 5.56 Å². The van der Waals surface area contributed by atoms with Crippen LogP contribution in [-0.4, -0.2) is 10.4 Å². The Bertz CT molecular complexity index is 865. The lowest BCUT2D eigenvalue weighted by Crippen LogP contribution is -2.25. The summed E-state index contributed by atoms with van der Waals surface area (Å²) >= 11 is 0. The van der Waals surface area contributed by atoms with Crippen LogP contribution in [0.25, 0.3) is 16.9 Å². The number of hydrogen-bond donors (Lipinski definition) is 0. The molecular weight excluding hydrogens is 274 g/mol. The van der Waals surface area contributed by atoms with E-state index in [-0.39, 0.29) is 16.9 Å². The molecule has 3 aromatic rings. The molecule has 3 nitrogen and oxygen atoms in total. The van der Waals surface area contributed by atoms with Crippen LogP contribution in [0.15, 0.2) is 77.6 Å². The zero-order chi connectivity index (χ0) is 15.5. The molecule has 0 spiro atoms. The summed E-state index contributed by atoms with van der Waals surface area (Å²) in [6.07, 6.45) is 0. The molecule has 1 heterocycles. The fraction of sp³-hybridized carbons (Fsp3) is 0.0526. The third kappa shape index (κ3) is 2.49. The molecule has 0 saturated heterocycles. The third-order valence-electron chi connectivity index (χ3n) is 3.55. The minimum atomic E-state index is -0.292. The number of carbonyl (C=O) groups is 1. The fourth-order valence-electron chi connectivity index (χ4n) is 2.47. The Labute approximate surface area is 128 Å². The number of carbonyl (C=O) groups excluding carboxylic acids is 1. The van der Waals surface area contributed by atoms with Crippen molar-refractivity contribution in [2.24, 2.45) is 0 Å². The molecule has 2 aromatic carbocycles. The molecular formula is C19H15NO2. The van der Waals surface area contributed by atoms with Crippen LogP contribution in [-0.2, 0) is 0 Å². The maximum Gasteiger partial charge on any atom is 0.266 e. The second-order valence-electron chi connectivity index (χ2n) is 5.03. The molecule has 1 aromatic heterocycles. The fourth-order valence-corrected chi connectivity index (χ4v) is 2.47. The van der Waals surface area contributed by atoms with Crippen molar-refractivity contribution in [3.63, 3.8) is 0 Å². The highest BCUT2D eigenvalue weighted by Gasteiger charge is 2.14. The number of Topliss-reactive ketones (excluding diaryl/α,β-unsaturated/α-hetero) is 1. The van der Waals surface area contributed by atoms with Crippen molar-refractivity contribution in [3.8, 4) is 16.9 Å². The summed E-state index contributed by atoms with van der Waals surface area (Å²) in [5.41, 5.74) is 2.35. The van der Waals surface area contributed by atoms with Crippen LogP contribution >= 0.6 is 0 Å². The minimum Gasteiger partial charge on any atom is -0.294 e. The number of rotatable bonds is 3.